The van der Waals surface area contributed by atoms with E-state index in [9.17, 15) is 4.79 Å². The maximum atomic E-state index is 12.3. The number of halogens is 1. The smallest absolute Gasteiger partial charge is 0.239 e. The standard InChI is InChI=1S/C16H17ClN4OS2/c1-20(9-13-4-5-14(17)24-13)11-16(22)19-15-6-7-18-21(15)10-12-3-2-8-23-12/h2-8H,9-11H2,1H3,(H,19,22). The summed E-state index contributed by atoms with van der Waals surface area (Å²) in [5, 5.41) is 9.23. The molecule has 3 aromatic rings. The van der Waals surface area contributed by atoms with Gasteiger partial charge in [0.2, 0.25) is 5.91 Å². The molecule has 8 heteroatoms. The van der Waals surface area contributed by atoms with Crippen molar-refractivity contribution in [1.82, 2.24) is 14.7 Å². The predicted octanol–water partition coefficient (Wildman–Crippen LogP) is 3.78. The van der Waals surface area contributed by atoms with Gasteiger partial charge in [-0.05, 0) is 30.6 Å². The lowest BCUT2D eigenvalue weighted by atomic mass is 10.4. The van der Waals surface area contributed by atoms with E-state index in [1.807, 2.05) is 41.6 Å². The molecule has 0 aliphatic rings. The SMILES string of the molecule is CN(CC(=O)Nc1ccnn1Cc1cccs1)Cc1ccc(Cl)s1. The fourth-order valence-corrected chi connectivity index (χ4v) is 4.15. The molecule has 0 bridgehead atoms. The lowest BCUT2D eigenvalue weighted by Gasteiger charge is -2.15. The number of aromatic nitrogens is 2. The molecular weight excluding hydrogens is 364 g/mol. The van der Waals surface area contributed by atoms with E-state index in [2.05, 4.69) is 16.5 Å². The third kappa shape index (κ3) is 4.67. The molecule has 0 aliphatic carbocycles. The molecule has 0 saturated heterocycles. The molecule has 3 heterocycles. The average molecular weight is 381 g/mol. The van der Waals surface area contributed by atoms with E-state index >= 15 is 0 Å². The zero-order valence-corrected chi connectivity index (χ0v) is 15.5. The van der Waals surface area contributed by atoms with Crippen molar-refractivity contribution in [2.45, 2.75) is 13.1 Å². The highest BCUT2D eigenvalue weighted by Gasteiger charge is 2.11. The number of hydrogen-bond acceptors (Lipinski definition) is 5. The molecule has 1 amide bonds. The minimum absolute atomic E-state index is 0.0620. The zero-order valence-electron chi connectivity index (χ0n) is 13.1. The van der Waals surface area contributed by atoms with Crippen LogP contribution in [0.5, 0.6) is 0 Å². The summed E-state index contributed by atoms with van der Waals surface area (Å²) in [4.78, 5) is 16.5. The summed E-state index contributed by atoms with van der Waals surface area (Å²) in [7, 11) is 1.91. The van der Waals surface area contributed by atoms with Crippen LogP contribution in [0.15, 0.2) is 41.9 Å². The van der Waals surface area contributed by atoms with Crippen molar-refractivity contribution in [3.05, 3.63) is 56.0 Å². The Balaban J connectivity index is 1.54. The number of likely N-dealkylation sites (N-methyl/N-ethyl adjacent to an activating group) is 1. The quantitative estimate of drug-likeness (QED) is 0.678. The zero-order chi connectivity index (χ0) is 16.9. The Hall–Kier alpha value is -1.67. The second-order valence-corrected chi connectivity index (χ2v) is 8.21. The Bertz CT molecular complexity index is 797. The van der Waals surface area contributed by atoms with E-state index in [-0.39, 0.29) is 5.91 Å². The van der Waals surface area contributed by atoms with Crippen LogP contribution < -0.4 is 5.32 Å². The predicted molar refractivity (Wildman–Crippen MR) is 99.9 cm³/mol. The first-order valence-corrected chi connectivity index (χ1v) is 9.44. The van der Waals surface area contributed by atoms with E-state index in [0.29, 0.717) is 25.5 Å². The van der Waals surface area contributed by atoms with Gasteiger partial charge in [0.15, 0.2) is 0 Å². The maximum Gasteiger partial charge on any atom is 0.239 e. The van der Waals surface area contributed by atoms with Gasteiger partial charge in [0.1, 0.15) is 5.82 Å². The van der Waals surface area contributed by atoms with Gasteiger partial charge in [-0.2, -0.15) is 5.10 Å². The number of hydrogen-bond donors (Lipinski definition) is 1. The fourth-order valence-electron chi connectivity index (χ4n) is 2.30. The van der Waals surface area contributed by atoms with Crippen LogP contribution in [-0.2, 0) is 17.9 Å². The Labute approximate surface area is 153 Å². The molecular formula is C16H17ClN4OS2. The summed E-state index contributed by atoms with van der Waals surface area (Å²) in [5.74, 6) is 0.647. The Morgan fingerprint density at radius 1 is 1.33 bits per heavy atom. The van der Waals surface area contributed by atoms with Crippen LogP contribution in [0.2, 0.25) is 4.34 Å². The number of anilines is 1. The average Bonchev–Trinajstić information content (AvgIpc) is 3.24. The van der Waals surface area contributed by atoms with E-state index in [1.165, 1.54) is 16.2 Å². The third-order valence-corrected chi connectivity index (χ3v) is 5.41. The molecule has 5 nitrogen and oxygen atoms in total. The monoisotopic (exact) mass is 380 g/mol. The van der Waals surface area contributed by atoms with Gasteiger partial charge in [0.25, 0.3) is 0 Å². The Morgan fingerprint density at radius 2 is 2.21 bits per heavy atom. The van der Waals surface area contributed by atoms with Crippen molar-refractivity contribution in [1.29, 1.82) is 0 Å². The Morgan fingerprint density at radius 3 is 2.92 bits per heavy atom. The number of carbonyl (C=O) groups excluding carboxylic acids is 1. The van der Waals surface area contributed by atoms with Crippen LogP contribution in [0.25, 0.3) is 0 Å². The van der Waals surface area contributed by atoms with Crippen LogP contribution in [0.1, 0.15) is 9.75 Å². The first kappa shape index (κ1) is 17.2. The highest BCUT2D eigenvalue weighted by Crippen LogP contribution is 2.22. The summed E-state index contributed by atoms with van der Waals surface area (Å²) in [6, 6.07) is 9.73. The molecule has 126 valence electrons. The highest BCUT2D eigenvalue weighted by atomic mass is 35.5. The minimum Gasteiger partial charge on any atom is -0.310 e. The molecule has 0 aliphatic heterocycles. The minimum atomic E-state index is -0.0620. The van der Waals surface area contributed by atoms with Crippen molar-refractivity contribution in [3.8, 4) is 0 Å². The molecule has 0 spiro atoms. The van der Waals surface area contributed by atoms with E-state index in [1.54, 1.807) is 22.2 Å². The third-order valence-electron chi connectivity index (χ3n) is 3.34. The number of thiophene rings is 2. The van der Waals surface area contributed by atoms with Gasteiger partial charge in [0.05, 0.1) is 23.6 Å². The number of nitrogens with zero attached hydrogens (tertiary/aromatic N) is 3. The van der Waals surface area contributed by atoms with Gasteiger partial charge in [-0.3, -0.25) is 9.69 Å². The normalized spacial score (nSPS) is 11.1. The van der Waals surface area contributed by atoms with Crippen molar-refractivity contribution >= 4 is 46.0 Å². The van der Waals surface area contributed by atoms with Crippen LogP contribution in [-0.4, -0.2) is 34.2 Å². The summed E-state index contributed by atoms with van der Waals surface area (Å²) < 4.78 is 2.56. The number of carbonyl (C=O) groups is 1. The highest BCUT2D eigenvalue weighted by molar-refractivity contribution is 7.16. The van der Waals surface area contributed by atoms with Gasteiger partial charge >= 0.3 is 0 Å². The molecule has 3 aromatic heterocycles. The van der Waals surface area contributed by atoms with Gasteiger partial charge in [-0.15, -0.1) is 22.7 Å². The number of rotatable bonds is 7. The van der Waals surface area contributed by atoms with Crippen LogP contribution >= 0.6 is 34.3 Å². The maximum absolute atomic E-state index is 12.3. The molecule has 3 rings (SSSR count). The summed E-state index contributed by atoms with van der Waals surface area (Å²) in [5.41, 5.74) is 0. The second kappa shape index (κ2) is 7.94. The van der Waals surface area contributed by atoms with E-state index in [0.717, 1.165) is 9.21 Å². The first-order valence-electron chi connectivity index (χ1n) is 7.37. The first-order chi connectivity index (χ1) is 11.6. The molecule has 0 atom stereocenters. The lowest BCUT2D eigenvalue weighted by molar-refractivity contribution is -0.117. The topological polar surface area (TPSA) is 50.2 Å². The van der Waals surface area contributed by atoms with Crippen molar-refractivity contribution < 1.29 is 4.79 Å². The van der Waals surface area contributed by atoms with Crippen LogP contribution in [0, 0.1) is 0 Å². The number of amides is 1. The largest absolute Gasteiger partial charge is 0.310 e. The van der Waals surface area contributed by atoms with E-state index < -0.39 is 0 Å². The van der Waals surface area contributed by atoms with Crippen LogP contribution in [0.3, 0.4) is 0 Å². The van der Waals surface area contributed by atoms with Crippen molar-refractivity contribution in [3.63, 3.8) is 0 Å². The number of nitrogens with one attached hydrogen (secondary N) is 1. The van der Waals surface area contributed by atoms with Gasteiger partial charge in [0, 0.05) is 22.4 Å². The lowest BCUT2D eigenvalue weighted by Crippen LogP contribution is -2.30. The molecule has 0 saturated carbocycles. The molecule has 24 heavy (non-hydrogen) atoms. The molecule has 1 N–H and O–H groups in total. The molecule has 0 aromatic carbocycles. The summed E-state index contributed by atoms with van der Waals surface area (Å²) >= 11 is 9.14. The molecule has 0 fully saturated rings. The van der Waals surface area contributed by atoms with Gasteiger partial charge in [-0.25, -0.2) is 4.68 Å². The van der Waals surface area contributed by atoms with E-state index in [4.69, 9.17) is 11.6 Å². The van der Waals surface area contributed by atoms with Crippen LogP contribution in [0.4, 0.5) is 5.82 Å². The van der Waals surface area contributed by atoms with Crippen molar-refractivity contribution in [2.24, 2.45) is 0 Å². The van der Waals surface area contributed by atoms with Gasteiger partial charge < -0.3 is 5.32 Å². The summed E-state index contributed by atoms with van der Waals surface area (Å²) in [6.07, 6.45) is 1.70. The summed E-state index contributed by atoms with van der Waals surface area (Å²) in [6.45, 7) is 1.66. The Kier molecular flexibility index (Phi) is 5.68. The second-order valence-electron chi connectivity index (χ2n) is 5.38. The molecule has 0 unspecified atom stereocenters. The van der Waals surface area contributed by atoms with Gasteiger partial charge in [-0.1, -0.05) is 17.7 Å². The van der Waals surface area contributed by atoms with Crippen molar-refractivity contribution in [2.75, 3.05) is 18.9 Å². The molecule has 0 radical (unpaired) electrons. The fraction of sp³-hybridized carbons (Fsp3) is 0.250.